The van der Waals surface area contributed by atoms with Gasteiger partial charge in [-0.25, -0.2) is 13.1 Å². The SMILES string of the molecule is Cn1cc(S(=O)(=O)NC2CCNCC2)cn1. The number of aryl methyl sites for hydroxylation is 1. The molecule has 1 aromatic rings. The van der Waals surface area contributed by atoms with Gasteiger partial charge in [-0.1, -0.05) is 0 Å². The van der Waals surface area contributed by atoms with Crippen LogP contribution >= 0.6 is 0 Å². The average Bonchev–Trinajstić information content (AvgIpc) is 2.66. The van der Waals surface area contributed by atoms with Gasteiger partial charge >= 0.3 is 0 Å². The van der Waals surface area contributed by atoms with E-state index in [4.69, 9.17) is 0 Å². The van der Waals surface area contributed by atoms with E-state index in [9.17, 15) is 8.42 Å². The summed E-state index contributed by atoms with van der Waals surface area (Å²) in [7, 11) is -1.70. The van der Waals surface area contributed by atoms with Crippen LogP contribution in [0.2, 0.25) is 0 Å². The Bertz CT molecular complexity index is 448. The molecule has 6 nitrogen and oxygen atoms in total. The third kappa shape index (κ3) is 2.60. The van der Waals surface area contributed by atoms with E-state index in [2.05, 4.69) is 15.1 Å². The van der Waals surface area contributed by atoms with Gasteiger partial charge in [-0.3, -0.25) is 4.68 Å². The molecule has 90 valence electrons. The van der Waals surface area contributed by atoms with Gasteiger partial charge in [0, 0.05) is 19.3 Å². The van der Waals surface area contributed by atoms with Crippen molar-refractivity contribution in [2.75, 3.05) is 13.1 Å². The van der Waals surface area contributed by atoms with Crippen molar-refractivity contribution in [2.45, 2.75) is 23.8 Å². The first kappa shape index (κ1) is 11.6. The Labute approximate surface area is 95.1 Å². The molecule has 7 heteroatoms. The van der Waals surface area contributed by atoms with Crippen LogP contribution < -0.4 is 10.0 Å². The molecule has 16 heavy (non-hydrogen) atoms. The van der Waals surface area contributed by atoms with Crippen molar-refractivity contribution in [1.82, 2.24) is 19.8 Å². The number of sulfonamides is 1. The molecule has 0 saturated carbocycles. The average molecular weight is 244 g/mol. The van der Waals surface area contributed by atoms with E-state index in [-0.39, 0.29) is 10.9 Å². The van der Waals surface area contributed by atoms with Crippen LogP contribution in [0.5, 0.6) is 0 Å². The minimum atomic E-state index is -3.40. The molecule has 2 rings (SSSR count). The van der Waals surface area contributed by atoms with Gasteiger partial charge in [-0.2, -0.15) is 5.10 Å². The minimum absolute atomic E-state index is 0.0338. The Morgan fingerprint density at radius 1 is 1.50 bits per heavy atom. The quantitative estimate of drug-likeness (QED) is 0.748. The molecular formula is C9H16N4O2S. The third-order valence-electron chi connectivity index (χ3n) is 2.65. The second-order valence-corrected chi connectivity index (χ2v) is 5.71. The zero-order valence-corrected chi connectivity index (χ0v) is 10.00. The first-order valence-corrected chi connectivity index (χ1v) is 6.78. The van der Waals surface area contributed by atoms with Crippen LogP contribution in [0.25, 0.3) is 0 Å². The molecule has 0 atom stereocenters. The van der Waals surface area contributed by atoms with Crippen molar-refractivity contribution in [3.8, 4) is 0 Å². The number of nitrogens with zero attached hydrogens (tertiary/aromatic N) is 2. The van der Waals surface area contributed by atoms with Crippen molar-refractivity contribution in [2.24, 2.45) is 7.05 Å². The van der Waals surface area contributed by atoms with Crippen molar-refractivity contribution < 1.29 is 8.42 Å². The number of hydrogen-bond acceptors (Lipinski definition) is 4. The van der Waals surface area contributed by atoms with E-state index in [0.29, 0.717) is 0 Å². The fourth-order valence-corrected chi connectivity index (χ4v) is 3.05. The Balaban J connectivity index is 2.07. The van der Waals surface area contributed by atoms with Gasteiger partial charge in [0.25, 0.3) is 0 Å². The number of nitrogens with one attached hydrogen (secondary N) is 2. The Hall–Kier alpha value is -0.920. The van der Waals surface area contributed by atoms with Crippen molar-refractivity contribution in [3.63, 3.8) is 0 Å². The molecule has 1 aliphatic heterocycles. The monoisotopic (exact) mass is 244 g/mol. The third-order valence-corrected chi connectivity index (χ3v) is 4.13. The molecular weight excluding hydrogens is 228 g/mol. The molecule has 0 spiro atoms. The fraction of sp³-hybridized carbons (Fsp3) is 0.667. The molecule has 0 radical (unpaired) electrons. The maximum absolute atomic E-state index is 11.9. The topological polar surface area (TPSA) is 76.0 Å². The molecule has 0 unspecified atom stereocenters. The van der Waals surface area contributed by atoms with Gasteiger partial charge < -0.3 is 5.32 Å². The molecule has 1 saturated heterocycles. The van der Waals surface area contributed by atoms with Crippen LogP contribution in [-0.2, 0) is 17.1 Å². The summed E-state index contributed by atoms with van der Waals surface area (Å²) >= 11 is 0. The summed E-state index contributed by atoms with van der Waals surface area (Å²) in [5.41, 5.74) is 0. The predicted molar refractivity (Wildman–Crippen MR) is 59.4 cm³/mol. The highest BCUT2D eigenvalue weighted by Gasteiger charge is 2.22. The fourth-order valence-electron chi connectivity index (χ4n) is 1.76. The van der Waals surface area contributed by atoms with Crippen LogP contribution in [0.1, 0.15) is 12.8 Å². The standard InChI is InChI=1S/C9H16N4O2S/c1-13-7-9(6-11-13)16(14,15)12-8-2-4-10-5-3-8/h6-8,10,12H,2-5H2,1H3. The summed E-state index contributed by atoms with van der Waals surface area (Å²) in [5, 5.41) is 7.05. The van der Waals surface area contributed by atoms with Gasteiger partial charge in [0.1, 0.15) is 4.90 Å². The summed E-state index contributed by atoms with van der Waals surface area (Å²) < 4.78 is 28.0. The second kappa shape index (κ2) is 4.52. The van der Waals surface area contributed by atoms with Crippen LogP contribution in [0, 0.1) is 0 Å². The van der Waals surface area contributed by atoms with Gasteiger partial charge in [0.05, 0.1) is 6.20 Å². The molecule has 1 aromatic heterocycles. The molecule has 0 amide bonds. The Morgan fingerprint density at radius 3 is 2.75 bits per heavy atom. The van der Waals surface area contributed by atoms with Gasteiger partial charge in [-0.15, -0.1) is 0 Å². The second-order valence-electron chi connectivity index (χ2n) is 4.00. The molecule has 1 aliphatic rings. The number of rotatable bonds is 3. The van der Waals surface area contributed by atoms with Gasteiger partial charge in [0.15, 0.2) is 0 Å². The summed E-state index contributed by atoms with van der Waals surface area (Å²) in [4.78, 5) is 0.230. The summed E-state index contributed by atoms with van der Waals surface area (Å²) in [5.74, 6) is 0. The van der Waals surface area contributed by atoms with Crippen molar-refractivity contribution in [1.29, 1.82) is 0 Å². The first-order chi connectivity index (χ1) is 7.58. The molecule has 0 bridgehead atoms. The highest BCUT2D eigenvalue weighted by atomic mass is 32.2. The van der Waals surface area contributed by atoms with E-state index in [1.165, 1.54) is 17.1 Å². The smallest absolute Gasteiger partial charge is 0.243 e. The lowest BCUT2D eigenvalue weighted by atomic mass is 10.1. The normalized spacial score (nSPS) is 18.8. The molecule has 2 N–H and O–H groups in total. The van der Waals surface area contributed by atoms with Gasteiger partial charge in [-0.05, 0) is 25.9 Å². The summed E-state index contributed by atoms with van der Waals surface area (Å²) in [6.45, 7) is 1.72. The number of hydrogen-bond donors (Lipinski definition) is 2. The van der Waals surface area contributed by atoms with Crippen LogP contribution in [0.15, 0.2) is 17.3 Å². The van der Waals surface area contributed by atoms with Gasteiger partial charge in [0.2, 0.25) is 10.0 Å². The predicted octanol–water partition coefficient (Wildman–Crippen LogP) is -0.550. The molecule has 0 aromatic carbocycles. The zero-order chi connectivity index (χ0) is 11.6. The maximum Gasteiger partial charge on any atom is 0.243 e. The van der Waals surface area contributed by atoms with E-state index in [1.807, 2.05) is 0 Å². The Morgan fingerprint density at radius 2 is 2.19 bits per heavy atom. The molecule has 2 heterocycles. The first-order valence-electron chi connectivity index (χ1n) is 5.29. The highest BCUT2D eigenvalue weighted by Crippen LogP contribution is 2.10. The van der Waals surface area contributed by atoms with Crippen LogP contribution in [-0.4, -0.2) is 37.3 Å². The maximum atomic E-state index is 11.9. The largest absolute Gasteiger partial charge is 0.317 e. The van der Waals surface area contributed by atoms with E-state index >= 15 is 0 Å². The molecule has 1 fully saturated rings. The Kier molecular flexibility index (Phi) is 3.27. The van der Waals surface area contributed by atoms with E-state index < -0.39 is 10.0 Å². The lowest BCUT2D eigenvalue weighted by Crippen LogP contribution is -2.42. The van der Waals surface area contributed by atoms with E-state index in [1.54, 1.807) is 7.05 Å². The van der Waals surface area contributed by atoms with Crippen molar-refractivity contribution >= 4 is 10.0 Å². The van der Waals surface area contributed by atoms with Crippen LogP contribution in [0.3, 0.4) is 0 Å². The number of piperidine rings is 1. The lowest BCUT2D eigenvalue weighted by Gasteiger charge is -2.23. The van der Waals surface area contributed by atoms with Crippen molar-refractivity contribution in [3.05, 3.63) is 12.4 Å². The van der Waals surface area contributed by atoms with E-state index in [0.717, 1.165) is 25.9 Å². The highest BCUT2D eigenvalue weighted by molar-refractivity contribution is 7.89. The minimum Gasteiger partial charge on any atom is -0.317 e. The number of aromatic nitrogens is 2. The molecule has 0 aliphatic carbocycles. The summed E-state index contributed by atoms with van der Waals surface area (Å²) in [6.07, 6.45) is 4.53. The van der Waals surface area contributed by atoms with Crippen LogP contribution in [0.4, 0.5) is 0 Å². The summed E-state index contributed by atoms with van der Waals surface area (Å²) in [6, 6.07) is 0.0338. The lowest BCUT2D eigenvalue weighted by molar-refractivity contribution is 0.427. The zero-order valence-electron chi connectivity index (χ0n) is 9.18.